The predicted molar refractivity (Wildman–Crippen MR) is 127 cm³/mol. The van der Waals surface area contributed by atoms with Gasteiger partial charge in [0.25, 0.3) is 5.91 Å². The van der Waals surface area contributed by atoms with Gasteiger partial charge in [-0.1, -0.05) is 12.1 Å². The van der Waals surface area contributed by atoms with Crippen LogP contribution in [-0.4, -0.2) is 48.8 Å². The average Bonchev–Trinajstić information content (AvgIpc) is 3.03. The number of aryl methyl sites for hydroxylation is 1. The Bertz CT molecular complexity index is 1420. The largest absolute Gasteiger partial charge is 0.370 e. The number of benzene rings is 2. The van der Waals surface area contributed by atoms with Crippen molar-refractivity contribution in [1.29, 1.82) is 0 Å². The number of fused-ring (bicyclic) bond motifs is 1. The van der Waals surface area contributed by atoms with Crippen LogP contribution in [0.25, 0.3) is 11.0 Å². The average molecular weight is 471 g/mol. The van der Waals surface area contributed by atoms with Crippen LogP contribution in [0.4, 0.5) is 5.69 Å². The van der Waals surface area contributed by atoms with E-state index in [0.29, 0.717) is 31.6 Å². The van der Waals surface area contributed by atoms with Gasteiger partial charge in [0.15, 0.2) is 15.8 Å². The summed E-state index contributed by atoms with van der Waals surface area (Å²) in [6, 6.07) is 12.1. The van der Waals surface area contributed by atoms with Crippen molar-refractivity contribution in [2.24, 2.45) is 23.5 Å². The van der Waals surface area contributed by atoms with E-state index in [1.54, 1.807) is 17.7 Å². The van der Waals surface area contributed by atoms with E-state index in [1.807, 2.05) is 33.7 Å². The van der Waals surface area contributed by atoms with Crippen LogP contribution in [0.3, 0.4) is 0 Å². The summed E-state index contributed by atoms with van der Waals surface area (Å²) in [4.78, 5) is 30.5. The first-order valence-corrected chi connectivity index (χ1v) is 12.4. The van der Waals surface area contributed by atoms with E-state index in [2.05, 4.69) is 4.99 Å². The lowest BCUT2D eigenvalue weighted by atomic mass is 10.0. The minimum Gasteiger partial charge on any atom is -0.370 e. The molecule has 3 aromatic rings. The second-order valence-electron chi connectivity index (χ2n) is 8.22. The van der Waals surface area contributed by atoms with Crippen LogP contribution in [-0.2, 0) is 16.9 Å². The molecular weight excluding hydrogens is 444 g/mol. The zero-order valence-corrected chi connectivity index (χ0v) is 19.2. The number of amides is 1. The summed E-state index contributed by atoms with van der Waals surface area (Å²) in [6.07, 6.45) is 2.45. The number of piperidine rings is 1. The molecule has 1 aromatic heterocycles. The van der Waals surface area contributed by atoms with E-state index in [9.17, 15) is 18.0 Å². The molecule has 1 amide bonds. The van der Waals surface area contributed by atoms with Crippen molar-refractivity contribution < 1.29 is 13.2 Å². The fraction of sp³-hybridized carbons (Fsp3) is 0.318. The Labute approximate surface area is 191 Å². The number of imidazole rings is 1. The number of carbonyl (C=O) groups excluding carboxylic acids is 1. The minimum absolute atomic E-state index is 0.00394. The topological polar surface area (TPSA) is 146 Å². The third-order valence-corrected chi connectivity index (χ3v) is 7.13. The van der Waals surface area contributed by atoms with E-state index in [-0.39, 0.29) is 22.2 Å². The monoisotopic (exact) mass is 470 g/mol. The van der Waals surface area contributed by atoms with Crippen molar-refractivity contribution in [2.45, 2.75) is 23.8 Å². The van der Waals surface area contributed by atoms with Crippen LogP contribution in [0, 0.1) is 0 Å². The third kappa shape index (κ3) is 4.23. The van der Waals surface area contributed by atoms with E-state index >= 15 is 0 Å². The van der Waals surface area contributed by atoms with Gasteiger partial charge in [-0.05, 0) is 43.2 Å². The maximum atomic E-state index is 12.9. The standard InChI is InChI=1S/C22H26N6O4S/c1-26-16-5-3-4-6-17(16)28(22(26)30)15-9-11-27(12-10-15)18-8-7-14(20(29)25-21(23)24)13-19(18)33(2,31)32/h3-8,13,15H,9-12H2,1-2H3,(H4,23,24,25,29). The van der Waals surface area contributed by atoms with E-state index in [4.69, 9.17) is 11.5 Å². The molecule has 33 heavy (non-hydrogen) atoms. The Morgan fingerprint density at radius 3 is 2.30 bits per heavy atom. The van der Waals surface area contributed by atoms with Gasteiger partial charge in [0, 0.05) is 38.0 Å². The molecule has 2 aromatic carbocycles. The summed E-state index contributed by atoms with van der Waals surface area (Å²) in [7, 11) is -1.86. The molecule has 174 valence electrons. The highest BCUT2D eigenvalue weighted by Gasteiger charge is 2.27. The van der Waals surface area contributed by atoms with Crippen LogP contribution in [0.1, 0.15) is 29.2 Å². The summed E-state index contributed by atoms with van der Waals surface area (Å²) < 4.78 is 28.5. The molecule has 0 spiro atoms. The van der Waals surface area contributed by atoms with Gasteiger partial charge in [-0.2, -0.15) is 4.99 Å². The van der Waals surface area contributed by atoms with Crippen molar-refractivity contribution in [3.8, 4) is 0 Å². The Morgan fingerprint density at radius 2 is 1.70 bits per heavy atom. The minimum atomic E-state index is -3.63. The second-order valence-corrected chi connectivity index (χ2v) is 10.2. The lowest BCUT2D eigenvalue weighted by Crippen LogP contribution is -2.38. The van der Waals surface area contributed by atoms with Gasteiger partial charge in [-0.3, -0.25) is 13.9 Å². The first kappa shape index (κ1) is 22.6. The number of rotatable bonds is 4. The number of nitrogens with two attached hydrogens (primary N) is 2. The Balaban J connectivity index is 1.63. The molecule has 11 heteroatoms. The Morgan fingerprint density at radius 1 is 1.06 bits per heavy atom. The van der Waals surface area contributed by atoms with Crippen LogP contribution >= 0.6 is 0 Å². The molecule has 10 nitrogen and oxygen atoms in total. The number of hydrogen-bond donors (Lipinski definition) is 2. The summed E-state index contributed by atoms with van der Waals surface area (Å²) in [6.45, 7) is 1.12. The highest BCUT2D eigenvalue weighted by Crippen LogP contribution is 2.32. The molecule has 0 saturated carbocycles. The Kier molecular flexibility index (Phi) is 5.75. The molecule has 0 aliphatic carbocycles. The number of para-hydroxylation sites is 2. The summed E-state index contributed by atoms with van der Waals surface area (Å²) in [5.74, 6) is -1.10. The zero-order chi connectivity index (χ0) is 23.9. The lowest BCUT2D eigenvalue weighted by Gasteiger charge is -2.35. The number of anilines is 1. The summed E-state index contributed by atoms with van der Waals surface area (Å²) in [5, 5.41) is 0. The molecule has 0 bridgehead atoms. The number of hydrogen-bond acceptors (Lipinski definition) is 5. The van der Waals surface area contributed by atoms with Gasteiger partial charge < -0.3 is 16.4 Å². The first-order valence-electron chi connectivity index (χ1n) is 10.5. The molecule has 0 radical (unpaired) electrons. The Hall–Kier alpha value is -3.60. The number of aliphatic imine (C=N–C) groups is 1. The van der Waals surface area contributed by atoms with Crippen molar-refractivity contribution in [1.82, 2.24) is 9.13 Å². The van der Waals surface area contributed by atoms with Crippen LogP contribution < -0.4 is 22.1 Å². The van der Waals surface area contributed by atoms with Gasteiger partial charge in [0.2, 0.25) is 0 Å². The normalized spacial score (nSPS) is 15.0. The number of guanidine groups is 1. The number of aromatic nitrogens is 2. The van der Waals surface area contributed by atoms with Crippen LogP contribution in [0.5, 0.6) is 0 Å². The van der Waals surface area contributed by atoms with Crippen LogP contribution in [0.15, 0.2) is 57.1 Å². The molecule has 1 aliphatic rings. The van der Waals surface area contributed by atoms with Crippen molar-refractivity contribution in [2.75, 3.05) is 24.2 Å². The smallest absolute Gasteiger partial charge is 0.329 e. The van der Waals surface area contributed by atoms with E-state index in [1.165, 1.54) is 12.1 Å². The highest BCUT2D eigenvalue weighted by molar-refractivity contribution is 7.90. The maximum absolute atomic E-state index is 12.9. The molecule has 1 aliphatic heterocycles. The summed E-state index contributed by atoms with van der Waals surface area (Å²) >= 11 is 0. The molecule has 4 rings (SSSR count). The molecule has 4 N–H and O–H groups in total. The number of nitrogens with zero attached hydrogens (tertiary/aromatic N) is 4. The number of sulfone groups is 1. The van der Waals surface area contributed by atoms with E-state index < -0.39 is 21.7 Å². The van der Waals surface area contributed by atoms with Gasteiger partial charge in [-0.15, -0.1) is 0 Å². The molecular formula is C22H26N6O4S. The second kappa shape index (κ2) is 8.39. The molecule has 1 saturated heterocycles. The predicted octanol–water partition coefficient (Wildman–Crippen LogP) is 0.999. The van der Waals surface area contributed by atoms with Gasteiger partial charge in [0.1, 0.15) is 0 Å². The lowest BCUT2D eigenvalue weighted by molar-refractivity contribution is 0.100. The zero-order valence-electron chi connectivity index (χ0n) is 18.4. The van der Waals surface area contributed by atoms with Crippen molar-refractivity contribution >= 4 is 38.4 Å². The fourth-order valence-corrected chi connectivity index (χ4v) is 5.34. The maximum Gasteiger partial charge on any atom is 0.329 e. The first-order chi connectivity index (χ1) is 15.6. The molecule has 0 atom stereocenters. The van der Waals surface area contributed by atoms with Gasteiger partial charge >= 0.3 is 5.69 Å². The third-order valence-electron chi connectivity index (χ3n) is 6.00. The van der Waals surface area contributed by atoms with Crippen LogP contribution in [0.2, 0.25) is 0 Å². The highest BCUT2D eigenvalue weighted by atomic mass is 32.2. The van der Waals surface area contributed by atoms with E-state index in [0.717, 1.165) is 17.3 Å². The SMILES string of the molecule is Cn1c(=O)n(C2CCN(c3ccc(C(=O)N=C(N)N)cc3S(C)(=O)=O)CC2)c2ccccc21. The van der Waals surface area contributed by atoms with Crippen molar-refractivity contribution in [3.63, 3.8) is 0 Å². The van der Waals surface area contributed by atoms with Gasteiger partial charge in [0.05, 0.1) is 21.6 Å². The molecule has 0 unspecified atom stereocenters. The summed E-state index contributed by atoms with van der Waals surface area (Å²) in [5.41, 5.74) is 12.8. The fourth-order valence-electron chi connectivity index (χ4n) is 4.42. The van der Waals surface area contributed by atoms with Gasteiger partial charge in [-0.25, -0.2) is 13.2 Å². The van der Waals surface area contributed by atoms with Crippen molar-refractivity contribution in [3.05, 3.63) is 58.5 Å². The molecule has 1 fully saturated rings. The number of carbonyl (C=O) groups is 1. The quantitative estimate of drug-likeness (QED) is 0.427. The molecule has 2 heterocycles.